The molecule has 3 rings (SSSR count). The Hall–Kier alpha value is -2.58. The number of anilines is 1. The van der Waals surface area contributed by atoms with Gasteiger partial charge in [-0.15, -0.1) is 0 Å². The number of ether oxygens (including phenoxy) is 2. The molecule has 2 aromatic rings. The van der Waals surface area contributed by atoms with Crippen LogP contribution in [0.1, 0.15) is 58.4 Å². The molecule has 0 atom stereocenters. The molecule has 1 aliphatic heterocycles. The first-order valence-corrected chi connectivity index (χ1v) is 12.9. The zero-order chi connectivity index (χ0) is 24.0. The summed E-state index contributed by atoms with van der Waals surface area (Å²) in [5.41, 5.74) is 1.33. The first-order chi connectivity index (χ1) is 15.7. The molecule has 0 aliphatic carbocycles. The second-order valence-corrected chi connectivity index (χ2v) is 10.8. The number of benzene rings is 2. The van der Waals surface area contributed by atoms with E-state index in [4.69, 9.17) is 9.47 Å². The van der Waals surface area contributed by atoms with Crippen molar-refractivity contribution >= 4 is 21.6 Å². The molecule has 1 fully saturated rings. The average molecular weight is 475 g/mol. The number of para-hydroxylation sites is 1. The van der Waals surface area contributed by atoms with Crippen molar-refractivity contribution in [2.75, 3.05) is 25.0 Å². The lowest BCUT2D eigenvalue weighted by molar-refractivity contribution is -0.118. The van der Waals surface area contributed by atoms with Crippen molar-refractivity contribution in [3.63, 3.8) is 0 Å². The third-order valence-electron chi connectivity index (χ3n) is 5.44. The van der Waals surface area contributed by atoms with E-state index in [2.05, 4.69) is 19.2 Å². The highest BCUT2D eigenvalue weighted by Crippen LogP contribution is 2.31. The molecule has 0 aromatic heterocycles. The van der Waals surface area contributed by atoms with Crippen LogP contribution in [0.5, 0.6) is 11.5 Å². The molecule has 0 unspecified atom stereocenters. The number of sulfonamides is 1. The molecular formula is C25H34N2O5S. The normalized spacial score (nSPS) is 15.0. The molecule has 1 N–H and O–H groups in total. The van der Waals surface area contributed by atoms with Crippen LogP contribution in [0.4, 0.5) is 5.69 Å². The minimum absolute atomic E-state index is 0.139. The quantitative estimate of drug-likeness (QED) is 0.565. The molecule has 2 aromatic carbocycles. The fourth-order valence-electron chi connectivity index (χ4n) is 3.80. The van der Waals surface area contributed by atoms with E-state index in [1.807, 2.05) is 38.1 Å². The van der Waals surface area contributed by atoms with E-state index in [0.717, 1.165) is 24.8 Å². The fourth-order valence-corrected chi connectivity index (χ4v) is 5.34. The van der Waals surface area contributed by atoms with Gasteiger partial charge in [-0.25, -0.2) is 8.42 Å². The topological polar surface area (TPSA) is 84.9 Å². The van der Waals surface area contributed by atoms with Crippen LogP contribution in [0, 0.1) is 0 Å². The lowest BCUT2D eigenvalue weighted by Crippen LogP contribution is -2.35. The summed E-state index contributed by atoms with van der Waals surface area (Å²) in [5, 5.41) is 2.78. The first-order valence-electron chi connectivity index (χ1n) is 11.5. The molecule has 1 heterocycles. The highest BCUT2D eigenvalue weighted by molar-refractivity contribution is 7.89. The van der Waals surface area contributed by atoms with Gasteiger partial charge in [-0.2, -0.15) is 4.31 Å². The van der Waals surface area contributed by atoms with Crippen LogP contribution in [0.25, 0.3) is 0 Å². The SMILES string of the molecule is CC(C)Oc1ccc(S(=O)(=O)N2CCCCC2)cc1NC(=O)COc1ccccc1C(C)C. The van der Waals surface area contributed by atoms with E-state index in [9.17, 15) is 13.2 Å². The number of nitrogens with zero attached hydrogens (tertiary/aromatic N) is 1. The summed E-state index contributed by atoms with van der Waals surface area (Å²) in [7, 11) is -3.64. The highest BCUT2D eigenvalue weighted by atomic mass is 32.2. The standard InChI is InChI=1S/C25H34N2O5S/c1-18(2)21-10-6-7-11-23(21)31-17-25(28)26-22-16-20(12-13-24(22)32-19(3)4)33(29,30)27-14-8-5-9-15-27/h6-7,10-13,16,18-19H,5,8-9,14-15,17H2,1-4H3,(H,26,28). The van der Waals surface area contributed by atoms with Crippen LogP contribution >= 0.6 is 0 Å². The van der Waals surface area contributed by atoms with Gasteiger partial charge in [0.15, 0.2) is 6.61 Å². The predicted molar refractivity (Wildman–Crippen MR) is 129 cm³/mol. The van der Waals surface area contributed by atoms with Crippen LogP contribution in [0.2, 0.25) is 0 Å². The van der Waals surface area contributed by atoms with Crippen LogP contribution in [0.3, 0.4) is 0 Å². The Bertz CT molecular complexity index is 1060. The molecule has 8 heteroatoms. The van der Waals surface area contributed by atoms with Gasteiger partial charge in [0.05, 0.1) is 16.7 Å². The number of rotatable bonds is 9. The number of hydrogen-bond donors (Lipinski definition) is 1. The van der Waals surface area contributed by atoms with E-state index in [-0.39, 0.29) is 23.5 Å². The summed E-state index contributed by atoms with van der Waals surface area (Å²) < 4.78 is 39.3. The van der Waals surface area contributed by atoms with Crippen molar-refractivity contribution in [1.82, 2.24) is 4.31 Å². The van der Waals surface area contributed by atoms with E-state index >= 15 is 0 Å². The summed E-state index contributed by atoms with van der Waals surface area (Å²) in [6.45, 7) is 8.69. The van der Waals surface area contributed by atoms with Crippen molar-refractivity contribution in [2.45, 2.75) is 63.9 Å². The average Bonchev–Trinajstić information content (AvgIpc) is 2.79. The van der Waals surface area contributed by atoms with E-state index < -0.39 is 15.9 Å². The van der Waals surface area contributed by atoms with Gasteiger partial charge in [-0.1, -0.05) is 38.5 Å². The molecule has 0 saturated carbocycles. The molecule has 1 amide bonds. The summed E-state index contributed by atoms with van der Waals surface area (Å²) in [6.07, 6.45) is 2.60. The lowest BCUT2D eigenvalue weighted by atomic mass is 10.0. The number of piperidine rings is 1. The van der Waals surface area contributed by atoms with Gasteiger partial charge in [0.25, 0.3) is 5.91 Å². The smallest absolute Gasteiger partial charge is 0.262 e. The number of nitrogens with one attached hydrogen (secondary N) is 1. The number of amides is 1. The highest BCUT2D eigenvalue weighted by Gasteiger charge is 2.27. The van der Waals surface area contributed by atoms with E-state index in [1.54, 1.807) is 6.07 Å². The summed E-state index contributed by atoms with van der Waals surface area (Å²) >= 11 is 0. The van der Waals surface area contributed by atoms with Gasteiger partial charge >= 0.3 is 0 Å². The van der Waals surface area contributed by atoms with Crippen molar-refractivity contribution in [2.24, 2.45) is 0 Å². The molecule has 33 heavy (non-hydrogen) atoms. The first kappa shape index (κ1) is 25.1. The van der Waals surface area contributed by atoms with Crippen LogP contribution in [0.15, 0.2) is 47.4 Å². The number of carbonyl (C=O) groups is 1. The molecule has 180 valence electrons. The maximum Gasteiger partial charge on any atom is 0.262 e. The minimum Gasteiger partial charge on any atom is -0.489 e. The lowest BCUT2D eigenvalue weighted by Gasteiger charge is -2.26. The molecule has 1 aliphatic rings. The summed E-state index contributed by atoms with van der Waals surface area (Å²) in [5.74, 6) is 0.933. The molecule has 0 spiro atoms. The Balaban J connectivity index is 1.79. The summed E-state index contributed by atoms with van der Waals surface area (Å²) in [6, 6.07) is 12.2. The van der Waals surface area contributed by atoms with Gasteiger partial charge in [-0.3, -0.25) is 4.79 Å². The van der Waals surface area contributed by atoms with E-state index in [1.165, 1.54) is 16.4 Å². The Morgan fingerprint density at radius 1 is 1.00 bits per heavy atom. The van der Waals surface area contributed by atoms with Crippen molar-refractivity contribution in [3.05, 3.63) is 48.0 Å². The van der Waals surface area contributed by atoms with Gasteiger partial charge in [0.2, 0.25) is 10.0 Å². The van der Waals surface area contributed by atoms with Crippen LogP contribution < -0.4 is 14.8 Å². The molecule has 1 saturated heterocycles. The van der Waals surface area contributed by atoms with Gasteiger partial charge in [0, 0.05) is 13.1 Å². The van der Waals surface area contributed by atoms with Crippen molar-refractivity contribution < 1.29 is 22.7 Å². The van der Waals surface area contributed by atoms with Gasteiger partial charge in [0.1, 0.15) is 11.5 Å². The second-order valence-electron chi connectivity index (χ2n) is 8.82. The monoisotopic (exact) mass is 474 g/mol. The van der Waals surface area contributed by atoms with Crippen molar-refractivity contribution in [1.29, 1.82) is 0 Å². The van der Waals surface area contributed by atoms with Gasteiger partial charge < -0.3 is 14.8 Å². The Kier molecular flexibility index (Phi) is 8.37. The maximum absolute atomic E-state index is 13.1. The maximum atomic E-state index is 13.1. The molecular weight excluding hydrogens is 440 g/mol. The molecule has 0 radical (unpaired) electrons. The fraction of sp³-hybridized carbons (Fsp3) is 0.480. The molecule has 7 nitrogen and oxygen atoms in total. The number of hydrogen-bond acceptors (Lipinski definition) is 5. The third-order valence-corrected chi connectivity index (χ3v) is 7.34. The zero-order valence-electron chi connectivity index (χ0n) is 19.8. The van der Waals surface area contributed by atoms with Crippen LogP contribution in [-0.4, -0.2) is 44.4 Å². The van der Waals surface area contributed by atoms with Gasteiger partial charge in [-0.05, 0) is 62.4 Å². The Morgan fingerprint density at radius 3 is 2.36 bits per heavy atom. The Labute approximate surface area is 197 Å². The predicted octanol–water partition coefficient (Wildman–Crippen LogP) is 4.79. The largest absolute Gasteiger partial charge is 0.489 e. The van der Waals surface area contributed by atoms with Crippen LogP contribution in [-0.2, 0) is 14.8 Å². The number of carbonyl (C=O) groups excluding carboxylic acids is 1. The zero-order valence-corrected chi connectivity index (χ0v) is 20.7. The minimum atomic E-state index is -3.64. The summed E-state index contributed by atoms with van der Waals surface area (Å²) in [4.78, 5) is 12.9. The van der Waals surface area contributed by atoms with E-state index in [0.29, 0.717) is 30.3 Å². The molecule has 0 bridgehead atoms. The Morgan fingerprint density at radius 2 is 1.70 bits per heavy atom. The second kappa shape index (κ2) is 11.0. The van der Waals surface area contributed by atoms with Crippen molar-refractivity contribution in [3.8, 4) is 11.5 Å². The third kappa shape index (κ3) is 6.48.